The summed E-state index contributed by atoms with van der Waals surface area (Å²) in [5.41, 5.74) is 0.995. The molecule has 0 aliphatic carbocycles. The molecule has 0 aliphatic heterocycles. The Hall–Kier alpha value is -0.310. The van der Waals surface area contributed by atoms with E-state index in [-0.39, 0.29) is 4.87 Å². The molecule has 0 aliphatic rings. The quantitative estimate of drug-likeness (QED) is 0.350. The second-order valence-corrected chi connectivity index (χ2v) is 5.85. The SMILES string of the molecule is C=C(/C=C\C[C@](C)(Cl)CCCC)COCCNC. The van der Waals surface area contributed by atoms with Crippen LogP contribution >= 0.6 is 11.6 Å². The van der Waals surface area contributed by atoms with E-state index in [0.29, 0.717) is 13.2 Å². The lowest BCUT2D eigenvalue weighted by molar-refractivity contribution is 0.161. The molecular weight excluding hydrogens is 246 g/mol. The summed E-state index contributed by atoms with van der Waals surface area (Å²) in [6.45, 7) is 10.4. The first-order valence-corrected chi connectivity index (χ1v) is 7.15. The molecule has 0 saturated carbocycles. The molecule has 2 nitrogen and oxygen atoms in total. The van der Waals surface area contributed by atoms with Gasteiger partial charge in [-0.05, 0) is 32.4 Å². The third-order valence-electron chi connectivity index (χ3n) is 2.73. The fourth-order valence-corrected chi connectivity index (χ4v) is 1.77. The van der Waals surface area contributed by atoms with Crippen LogP contribution in [0.25, 0.3) is 0 Å². The van der Waals surface area contributed by atoms with Crippen LogP contribution in [0.5, 0.6) is 0 Å². The van der Waals surface area contributed by atoms with E-state index in [1.807, 2.05) is 13.1 Å². The molecule has 0 bridgehead atoms. The molecule has 106 valence electrons. The first-order chi connectivity index (χ1) is 8.52. The number of unbranched alkanes of at least 4 members (excludes halogenated alkanes) is 1. The number of ether oxygens (including phenoxy) is 1. The van der Waals surface area contributed by atoms with Gasteiger partial charge in [-0.15, -0.1) is 11.6 Å². The Kier molecular flexibility index (Phi) is 10.4. The van der Waals surface area contributed by atoms with Crippen molar-refractivity contribution in [2.24, 2.45) is 0 Å². The lowest BCUT2D eigenvalue weighted by atomic mass is 9.99. The average molecular weight is 274 g/mol. The number of alkyl halides is 1. The minimum absolute atomic E-state index is 0.125. The summed E-state index contributed by atoms with van der Waals surface area (Å²) in [7, 11) is 1.91. The maximum Gasteiger partial charge on any atom is 0.0711 e. The molecule has 3 heteroatoms. The van der Waals surface area contributed by atoms with Crippen molar-refractivity contribution in [2.75, 3.05) is 26.8 Å². The molecule has 0 aromatic heterocycles. The highest BCUT2D eigenvalue weighted by molar-refractivity contribution is 6.23. The van der Waals surface area contributed by atoms with Gasteiger partial charge in [0.1, 0.15) is 0 Å². The molecule has 0 amide bonds. The Labute approximate surface area is 117 Å². The Morgan fingerprint density at radius 3 is 2.83 bits per heavy atom. The zero-order valence-corrected chi connectivity index (χ0v) is 12.9. The van der Waals surface area contributed by atoms with E-state index in [4.69, 9.17) is 16.3 Å². The molecule has 0 unspecified atom stereocenters. The Balaban J connectivity index is 3.76. The molecule has 0 heterocycles. The van der Waals surface area contributed by atoms with E-state index in [2.05, 4.69) is 31.8 Å². The van der Waals surface area contributed by atoms with Crippen molar-refractivity contribution >= 4 is 11.6 Å². The first kappa shape index (κ1) is 17.7. The number of hydrogen-bond donors (Lipinski definition) is 1. The molecule has 0 saturated heterocycles. The van der Waals surface area contributed by atoms with Gasteiger partial charge in [0.15, 0.2) is 0 Å². The molecule has 18 heavy (non-hydrogen) atoms. The standard InChI is InChI=1S/C15H28ClNO/c1-5-6-9-15(3,16)10-7-8-14(2)13-18-12-11-17-4/h7-8,17H,2,5-6,9-13H2,1,3-4H3/b8-7-/t15-/m1/s1. The minimum Gasteiger partial charge on any atom is -0.375 e. The monoisotopic (exact) mass is 273 g/mol. The van der Waals surface area contributed by atoms with Crippen molar-refractivity contribution in [1.29, 1.82) is 0 Å². The predicted octanol–water partition coefficient (Wildman–Crippen LogP) is 3.91. The van der Waals surface area contributed by atoms with Gasteiger partial charge in [0.2, 0.25) is 0 Å². The van der Waals surface area contributed by atoms with Crippen molar-refractivity contribution in [2.45, 2.75) is 44.4 Å². The van der Waals surface area contributed by atoms with Crippen LogP contribution in [0, 0.1) is 0 Å². The number of halogens is 1. The van der Waals surface area contributed by atoms with Gasteiger partial charge in [-0.3, -0.25) is 0 Å². The number of rotatable bonds is 11. The summed E-state index contributed by atoms with van der Waals surface area (Å²) in [4.78, 5) is -0.125. The van der Waals surface area contributed by atoms with Crippen LogP contribution in [0.4, 0.5) is 0 Å². The van der Waals surface area contributed by atoms with E-state index in [9.17, 15) is 0 Å². The minimum atomic E-state index is -0.125. The van der Waals surface area contributed by atoms with E-state index < -0.39 is 0 Å². The van der Waals surface area contributed by atoms with E-state index in [1.54, 1.807) is 0 Å². The summed E-state index contributed by atoms with van der Waals surface area (Å²) in [5, 5.41) is 3.03. The van der Waals surface area contributed by atoms with Gasteiger partial charge in [-0.1, -0.05) is 38.5 Å². The van der Waals surface area contributed by atoms with Crippen LogP contribution in [0.1, 0.15) is 39.5 Å². The maximum atomic E-state index is 6.42. The zero-order chi connectivity index (χ0) is 13.9. The van der Waals surface area contributed by atoms with Gasteiger partial charge >= 0.3 is 0 Å². The van der Waals surface area contributed by atoms with Gasteiger partial charge in [0, 0.05) is 11.4 Å². The number of likely N-dealkylation sites (N-methyl/N-ethyl adjacent to an activating group) is 1. The fraction of sp³-hybridized carbons (Fsp3) is 0.733. The summed E-state index contributed by atoms with van der Waals surface area (Å²) >= 11 is 6.42. The van der Waals surface area contributed by atoms with Crippen LogP contribution in [0.3, 0.4) is 0 Å². The van der Waals surface area contributed by atoms with Crippen molar-refractivity contribution in [3.8, 4) is 0 Å². The van der Waals surface area contributed by atoms with E-state index in [1.165, 1.54) is 12.8 Å². The van der Waals surface area contributed by atoms with Crippen LogP contribution in [0.15, 0.2) is 24.3 Å². The number of nitrogens with one attached hydrogen (secondary N) is 1. The maximum absolute atomic E-state index is 6.42. The highest BCUT2D eigenvalue weighted by Crippen LogP contribution is 2.26. The fourth-order valence-electron chi connectivity index (χ4n) is 1.54. The normalized spacial score (nSPS) is 14.9. The molecule has 1 atom stereocenters. The summed E-state index contributed by atoms with van der Waals surface area (Å²) in [6.07, 6.45) is 8.43. The molecular formula is C15H28ClNO. The topological polar surface area (TPSA) is 21.3 Å². The Morgan fingerprint density at radius 2 is 2.22 bits per heavy atom. The van der Waals surface area contributed by atoms with E-state index >= 15 is 0 Å². The number of hydrogen-bond acceptors (Lipinski definition) is 2. The third-order valence-corrected chi connectivity index (χ3v) is 3.08. The summed E-state index contributed by atoms with van der Waals surface area (Å²) in [6, 6.07) is 0. The second kappa shape index (κ2) is 10.6. The Morgan fingerprint density at radius 1 is 1.50 bits per heavy atom. The molecule has 1 N–H and O–H groups in total. The summed E-state index contributed by atoms with van der Waals surface area (Å²) in [5.74, 6) is 0. The molecule has 0 aromatic carbocycles. The van der Waals surface area contributed by atoms with Crippen molar-refractivity contribution < 1.29 is 4.74 Å². The van der Waals surface area contributed by atoms with Crippen LogP contribution in [-0.4, -0.2) is 31.7 Å². The average Bonchev–Trinajstić information content (AvgIpc) is 2.32. The van der Waals surface area contributed by atoms with Crippen LogP contribution < -0.4 is 5.32 Å². The van der Waals surface area contributed by atoms with Gasteiger partial charge in [0.05, 0.1) is 13.2 Å². The van der Waals surface area contributed by atoms with Crippen molar-refractivity contribution in [3.05, 3.63) is 24.3 Å². The second-order valence-electron chi connectivity index (χ2n) is 4.94. The molecule has 0 aromatic rings. The lowest BCUT2D eigenvalue weighted by Gasteiger charge is -2.19. The highest BCUT2D eigenvalue weighted by Gasteiger charge is 2.17. The van der Waals surface area contributed by atoms with Gasteiger partial charge in [-0.25, -0.2) is 0 Å². The molecule has 0 radical (unpaired) electrons. The summed E-state index contributed by atoms with van der Waals surface area (Å²) < 4.78 is 5.44. The van der Waals surface area contributed by atoms with Crippen LogP contribution in [-0.2, 0) is 4.74 Å². The smallest absolute Gasteiger partial charge is 0.0711 e. The van der Waals surface area contributed by atoms with Gasteiger partial charge in [0.25, 0.3) is 0 Å². The lowest BCUT2D eigenvalue weighted by Crippen LogP contribution is -2.15. The Bertz CT molecular complexity index is 249. The first-order valence-electron chi connectivity index (χ1n) is 6.77. The number of allylic oxidation sites excluding steroid dienone is 1. The zero-order valence-electron chi connectivity index (χ0n) is 12.1. The van der Waals surface area contributed by atoms with Crippen molar-refractivity contribution in [3.63, 3.8) is 0 Å². The molecule has 0 spiro atoms. The van der Waals surface area contributed by atoms with Crippen molar-refractivity contribution in [1.82, 2.24) is 5.32 Å². The largest absolute Gasteiger partial charge is 0.375 e. The van der Waals surface area contributed by atoms with Gasteiger partial charge < -0.3 is 10.1 Å². The van der Waals surface area contributed by atoms with E-state index in [0.717, 1.165) is 25.0 Å². The van der Waals surface area contributed by atoms with Crippen LogP contribution in [0.2, 0.25) is 0 Å². The van der Waals surface area contributed by atoms with Gasteiger partial charge in [-0.2, -0.15) is 0 Å². The highest BCUT2D eigenvalue weighted by atomic mass is 35.5. The molecule has 0 rings (SSSR count). The third kappa shape index (κ3) is 10.8. The molecule has 0 fully saturated rings. The predicted molar refractivity (Wildman–Crippen MR) is 81.4 cm³/mol.